The Hall–Kier alpha value is -3.50. The molecule has 0 N–H and O–H groups in total. The van der Waals surface area contributed by atoms with Crippen LogP contribution in [0.2, 0.25) is 0 Å². The van der Waals surface area contributed by atoms with Crippen molar-refractivity contribution in [1.82, 2.24) is 20.1 Å². The van der Waals surface area contributed by atoms with Crippen LogP contribution in [0.4, 0.5) is 17.6 Å². The molecule has 7 nitrogen and oxygen atoms in total. The van der Waals surface area contributed by atoms with Crippen molar-refractivity contribution in [3.8, 4) is 17.3 Å². The van der Waals surface area contributed by atoms with Gasteiger partial charge in [-0.3, -0.25) is 4.79 Å². The predicted octanol–water partition coefficient (Wildman–Crippen LogP) is 4.53. The average Bonchev–Trinajstić information content (AvgIpc) is 3.18. The standard InChI is InChI=1S/C21H20F4N4O3/c1-4-29(12(2)11-31-18-8-5-14(10-26-18)21(23,24)25)20(30)16-7-6-15(22)9-17(16)19-28-27-13(3)32-19/h5-10,12H,4,11H2,1-3H3. The Morgan fingerprint density at radius 1 is 1.22 bits per heavy atom. The largest absolute Gasteiger partial charge is 0.475 e. The Labute approximate surface area is 181 Å². The summed E-state index contributed by atoms with van der Waals surface area (Å²) in [5.74, 6) is -0.715. The molecule has 32 heavy (non-hydrogen) atoms. The quantitative estimate of drug-likeness (QED) is 0.490. The molecule has 0 saturated carbocycles. The molecular weight excluding hydrogens is 432 g/mol. The second-order valence-electron chi connectivity index (χ2n) is 6.95. The second kappa shape index (κ2) is 9.33. The molecule has 0 aliphatic carbocycles. The van der Waals surface area contributed by atoms with Crippen LogP contribution in [-0.4, -0.2) is 45.2 Å². The molecule has 0 radical (unpaired) electrons. The van der Waals surface area contributed by atoms with Crippen molar-refractivity contribution in [3.63, 3.8) is 0 Å². The van der Waals surface area contributed by atoms with Gasteiger partial charge in [0.15, 0.2) is 0 Å². The fourth-order valence-electron chi connectivity index (χ4n) is 3.02. The number of hydrogen-bond acceptors (Lipinski definition) is 6. The number of halogens is 4. The van der Waals surface area contributed by atoms with Gasteiger partial charge >= 0.3 is 6.18 Å². The first-order chi connectivity index (χ1) is 15.1. The van der Waals surface area contributed by atoms with Crippen molar-refractivity contribution in [2.24, 2.45) is 0 Å². The van der Waals surface area contributed by atoms with Crippen molar-refractivity contribution in [3.05, 3.63) is 59.4 Å². The van der Waals surface area contributed by atoms with Crippen LogP contribution in [0.3, 0.4) is 0 Å². The van der Waals surface area contributed by atoms with Gasteiger partial charge in [-0.05, 0) is 38.1 Å². The number of pyridine rings is 1. The first kappa shape index (κ1) is 23.2. The number of rotatable bonds is 7. The van der Waals surface area contributed by atoms with Crippen molar-refractivity contribution < 1.29 is 31.5 Å². The number of aromatic nitrogens is 3. The molecule has 0 fully saturated rings. The number of hydrogen-bond donors (Lipinski definition) is 0. The number of aryl methyl sites for hydroxylation is 1. The molecule has 170 valence electrons. The normalized spacial score (nSPS) is 12.5. The Morgan fingerprint density at radius 3 is 2.53 bits per heavy atom. The zero-order valence-corrected chi connectivity index (χ0v) is 17.5. The summed E-state index contributed by atoms with van der Waals surface area (Å²) < 4.78 is 62.6. The SMILES string of the molecule is CCN(C(=O)c1ccc(F)cc1-c1nnc(C)o1)C(C)COc1ccc(C(F)(F)F)cn1. The molecule has 1 aromatic carbocycles. The Balaban J connectivity index is 1.76. The highest BCUT2D eigenvalue weighted by molar-refractivity contribution is 6.00. The molecule has 1 atom stereocenters. The first-order valence-corrected chi connectivity index (χ1v) is 9.67. The van der Waals surface area contributed by atoms with Crippen molar-refractivity contribution >= 4 is 5.91 Å². The third-order valence-corrected chi connectivity index (χ3v) is 4.64. The minimum absolute atomic E-state index is 0.00263. The maximum Gasteiger partial charge on any atom is 0.417 e. The lowest BCUT2D eigenvalue weighted by Gasteiger charge is -2.28. The molecule has 1 amide bonds. The lowest BCUT2D eigenvalue weighted by atomic mass is 10.0. The van der Waals surface area contributed by atoms with E-state index in [0.29, 0.717) is 12.7 Å². The fraction of sp³-hybridized carbons (Fsp3) is 0.333. The molecular formula is C21H20F4N4O3. The van der Waals surface area contributed by atoms with E-state index in [0.717, 1.165) is 24.3 Å². The van der Waals surface area contributed by atoms with Crippen LogP contribution in [0.25, 0.3) is 11.5 Å². The minimum atomic E-state index is -4.49. The molecule has 3 rings (SSSR count). The first-order valence-electron chi connectivity index (χ1n) is 9.67. The molecule has 1 unspecified atom stereocenters. The number of carbonyl (C=O) groups is 1. The van der Waals surface area contributed by atoms with Gasteiger partial charge in [-0.2, -0.15) is 13.2 Å². The average molecular weight is 452 g/mol. The predicted molar refractivity (Wildman–Crippen MR) is 105 cm³/mol. The lowest BCUT2D eigenvalue weighted by molar-refractivity contribution is -0.137. The van der Waals surface area contributed by atoms with E-state index < -0.39 is 29.5 Å². The molecule has 2 heterocycles. The van der Waals surface area contributed by atoms with E-state index in [4.69, 9.17) is 9.15 Å². The van der Waals surface area contributed by atoms with Crippen LogP contribution in [0.5, 0.6) is 5.88 Å². The summed E-state index contributed by atoms with van der Waals surface area (Å²) in [5, 5.41) is 7.58. The zero-order valence-electron chi connectivity index (χ0n) is 17.5. The van der Waals surface area contributed by atoms with Crippen LogP contribution in [0.15, 0.2) is 40.9 Å². The summed E-state index contributed by atoms with van der Waals surface area (Å²) in [6, 6.07) is 5.14. The minimum Gasteiger partial charge on any atom is -0.475 e. The molecule has 0 aliphatic heterocycles. The molecule has 0 aliphatic rings. The highest BCUT2D eigenvalue weighted by Crippen LogP contribution is 2.29. The topological polar surface area (TPSA) is 81.4 Å². The van der Waals surface area contributed by atoms with Crippen LogP contribution >= 0.6 is 0 Å². The van der Waals surface area contributed by atoms with Gasteiger partial charge < -0.3 is 14.1 Å². The Bertz CT molecular complexity index is 1080. The van der Waals surface area contributed by atoms with Gasteiger partial charge in [0.2, 0.25) is 17.7 Å². The molecule has 3 aromatic rings. The summed E-state index contributed by atoms with van der Waals surface area (Å²) in [7, 11) is 0. The second-order valence-corrected chi connectivity index (χ2v) is 6.95. The number of likely N-dealkylation sites (N-methyl/N-ethyl adjacent to an activating group) is 1. The van der Waals surface area contributed by atoms with Crippen molar-refractivity contribution in [2.75, 3.05) is 13.2 Å². The van der Waals surface area contributed by atoms with E-state index >= 15 is 0 Å². The van der Waals surface area contributed by atoms with Gasteiger partial charge in [0.1, 0.15) is 12.4 Å². The molecule has 11 heteroatoms. The van der Waals surface area contributed by atoms with E-state index in [1.165, 1.54) is 11.0 Å². The summed E-state index contributed by atoms with van der Waals surface area (Å²) in [4.78, 5) is 18.3. The Kier molecular flexibility index (Phi) is 6.75. The highest BCUT2D eigenvalue weighted by atomic mass is 19.4. The van der Waals surface area contributed by atoms with Gasteiger partial charge in [0.25, 0.3) is 5.91 Å². The summed E-state index contributed by atoms with van der Waals surface area (Å²) in [5.41, 5.74) is -0.564. The van der Waals surface area contributed by atoms with Crippen molar-refractivity contribution in [1.29, 1.82) is 0 Å². The van der Waals surface area contributed by atoms with E-state index in [1.807, 2.05) is 0 Å². The molecule has 0 spiro atoms. The lowest BCUT2D eigenvalue weighted by Crippen LogP contribution is -2.42. The number of carbonyl (C=O) groups excluding carboxylic acids is 1. The van der Waals surface area contributed by atoms with Crippen LogP contribution in [-0.2, 0) is 6.18 Å². The smallest absolute Gasteiger partial charge is 0.417 e. The van der Waals surface area contributed by atoms with Crippen LogP contribution in [0, 0.1) is 12.7 Å². The Morgan fingerprint density at radius 2 is 1.97 bits per heavy atom. The monoisotopic (exact) mass is 452 g/mol. The zero-order chi connectivity index (χ0) is 23.5. The van der Waals surface area contributed by atoms with Crippen LogP contribution in [0.1, 0.15) is 35.7 Å². The van der Waals surface area contributed by atoms with Gasteiger partial charge in [-0.25, -0.2) is 9.37 Å². The van der Waals surface area contributed by atoms with Gasteiger partial charge in [0.05, 0.1) is 22.7 Å². The van der Waals surface area contributed by atoms with E-state index in [-0.39, 0.29) is 35.4 Å². The van der Waals surface area contributed by atoms with E-state index in [2.05, 4.69) is 15.2 Å². The number of amides is 1. The third-order valence-electron chi connectivity index (χ3n) is 4.64. The molecule has 2 aromatic heterocycles. The number of alkyl halides is 3. The van der Waals surface area contributed by atoms with E-state index in [9.17, 15) is 22.4 Å². The molecule has 0 bridgehead atoms. The fourth-order valence-corrected chi connectivity index (χ4v) is 3.02. The number of nitrogens with zero attached hydrogens (tertiary/aromatic N) is 4. The number of benzene rings is 1. The number of ether oxygens (including phenoxy) is 1. The highest BCUT2D eigenvalue weighted by Gasteiger charge is 2.31. The van der Waals surface area contributed by atoms with Gasteiger partial charge in [-0.1, -0.05) is 0 Å². The maximum absolute atomic E-state index is 13.8. The summed E-state index contributed by atoms with van der Waals surface area (Å²) in [6.07, 6.45) is -3.81. The van der Waals surface area contributed by atoms with Crippen LogP contribution < -0.4 is 4.74 Å². The maximum atomic E-state index is 13.8. The third kappa shape index (κ3) is 5.21. The van der Waals surface area contributed by atoms with Crippen molar-refractivity contribution in [2.45, 2.75) is 33.0 Å². The van der Waals surface area contributed by atoms with E-state index in [1.54, 1.807) is 20.8 Å². The summed E-state index contributed by atoms with van der Waals surface area (Å²) in [6.45, 7) is 5.32. The van der Waals surface area contributed by atoms with Gasteiger partial charge in [0, 0.05) is 25.7 Å². The van der Waals surface area contributed by atoms with Gasteiger partial charge in [-0.15, -0.1) is 10.2 Å². The summed E-state index contributed by atoms with van der Waals surface area (Å²) >= 11 is 0. The molecule has 0 saturated heterocycles.